The zero-order chi connectivity index (χ0) is 14.7. The van der Waals surface area contributed by atoms with Crippen LogP contribution in [0.4, 0.5) is 4.39 Å². The van der Waals surface area contributed by atoms with Crippen LogP contribution in [-0.2, 0) is 13.2 Å². The SMILES string of the molecule is Cc1ccccc1COc1c(F)cccc1CNC1CC1. The van der Waals surface area contributed by atoms with Crippen molar-refractivity contribution in [1.82, 2.24) is 5.32 Å². The first-order valence-corrected chi connectivity index (χ1v) is 7.42. The highest BCUT2D eigenvalue weighted by Crippen LogP contribution is 2.26. The van der Waals surface area contributed by atoms with Gasteiger partial charge in [0.15, 0.2) is 11.6 Å². The Bertz CT molecular complexity index is 622. The van der Waals surface area contributed by atoms with Gasteiger partial charge in [0.2, 0.25) is 0 Å². The molecule has 1 fully saturated rings. The summed E-state index contributed by atoms with van der Waals surface area (Å²) in [7, 11) is 0. The molecule has 2 aromatic rings. The fraction of sp³-hybridized carbons (Fsp3) is 0.333. The minimum Gasteiger partial charge on any atom is -0.485 e. The maximum absolute atomic E-state index is 14.0. The Labute approximate surface area is 125 Å². The predicted molar refractivity (Wildman–Crippen MR) is 81.8 cm³/mol. The van der Waals surface area contributed by atoms with Crippen LogP contribution in [0.5, 0.6) is 5.75 Å². The number of ether oxygens (including phenoxy) is 1. The first-order valence-electron chi connectivity index (χ1n) is 7.42. The number of halogens is 1. The second-order valence-electron chi connectivity index (χ2n) is 5.60. The van der Waals surface area contributed by atoms with E-state index in [9.17, 15) is 4.39 Å². The number of hydrogen-bond donors (Lipinski definition) is 1. The third-order valence-electron chi connectivity index (χ3n) is 3.84. The van der Waals surface area contributed by atoms with E-state index in [4.69, 9.17) is 4.74 Å². The van der Waals surface area contributed by atoms with Crippen molar-refractivity contribution < 1.29 is 9.13 Å². The molecule has 0 bridgehead atoms. The van der Waals surface area contributed by atoms with E-state index in [0.717, 1.165) is 16.7 Å². The van der Waals surface area contributed by atoms with Gasteiger partial charge in [0.25, 0.3) is 0 Å². The van der Waals surface area contributed by atoms with Gasteiger partial charge in [-0.1, -0.05) is 36.4 Å². The van der Waals surface area contributed by atoms with Crippen LogP contribution in [0.3, 0.4) is 0 Å². The van der Waals surface area contributed by atoms with E-state index >= 15 is 0 Å². The summed E-state index contributed by atoms with van der Waals surface area (Å²) in [5.41, 5.74) is 3.13. The van der Waals surface area contributed by atoms with E-state index < -0.39 is 0 Å². The van der Waals surface area contributed by atoms with Crippen LogP contribution < -0.4 is 10.1 Å². The van der Waals surface area contributed by atoms with Crippen LogP contribution in [0.25, 0.3) is 0 Å². The maximum Gasteiger partial charge on any atom is 0.165 e. The van der Waals surface area contributed by atoms with E-state index in [1.165, 1.54) is 18.9 Å². The molecule has 0 radical (unpaired) electrons. The summed E-state index contributed by atoms with van der Waals surface area (Å²) < 4.78 is 19.8. The number of aryl methyl sites for hydroxylation is 1. The van der Waals surface area contributed by atoms with Crippen molar-refractivity contribution in [2.45, 2.75) is 39.0 Å². The van der Waals surface area contributed by atoms with Crippen LogP contribution in [0.1, 0.15) is 29.5 Å². The van der Waals surface area contributed by atoms with Crippen molar-refractivity contribution in [2.75, 3.05) is 0 Å². The molecule has 21 heavy (non-hydrogen) atoms. The van der Waals surface area contributed by atoms with Gasteiger partial charge < -0.3 is 10.1 Å². The van der Waals surface area contributed by atoms with E-state index in [1.807, 2.05) is 37.3 Å². The van der Waals surface area contributed by atoms with Gasteiger partial charge in [-0.2, -0.15) is 0 Å². The molecule has 110 valence electrons. The molecule has 0 unspecified atom stereocenters. The van der Waals surface area contributed by atoms with Crippen molar-refractivity contribution in [3.05, 3.63) is 65.0 Å². The smallest absolute Gasteiger partial charge is 0.165 e. The Balaban J connectivity index is 1.72. The third kappa shape index (κ3) is 3.61. The van der Waals surface area contributed by atoms with Crippen LogP contribution in [0.2, 0.25) is 0 Å². The Morgan fingerprint density at radius 2 is 1.86 bits per heavy atom. The van der Waals surface area contributed by atoms with Crippen LogP contribution >= 0.6 is 0 Å². The Morgan fingerprint density at radius 3 is 2.62 bits per heavy atom. The molecule has 0 aromatic heterocycles. The molecule has 0 saturated heterocycles. The van der Waals surface area contributed by atoms with Crippen LogP contribution in [-0.4, -0.2) is 6.04 Å². The van der Waals surface area contributed by atoms with Gasteiger partial charge in [-0.15, -0.1) is 0 Å². The first kappa shape index (κ1) is 14.1. The van der Waals surface area contributed by atoms with Gasteiger partial charge in [-0.05, 0) is 37.0 Å². The molecule has 0 amide bonds. The summed E-state index contributed by atoms with van der Waals surface area (Å²) in [6.45, 7) is 3.09. The summed E-state index contributed by atoms with van der Waals surface area (Å²) >= 11 is 0. The Hall–Kier alpha value is -1.87. The summed E-state index contributed by atoms with van der Waals surface area (Å²) in [6, 6.07) is 13.7. The number of para-hydroxylation sites is 1. The van der Waals surface area contributed by atoms with Crippen molar-refractivity contribution >= 4 is 0 Å². The quantitative estimate of drug-likeness (QED) is 0.867. The minimum absolute atomic E-state index is 0.293. The summed E-state index contributed by atoms with van der Waals surface area (Å²) in [6.07, 6.45) is 2.43. The van der Waals surface area contributed by atoms with Gasteiger partial charge in [0, 0.05) is 18.2 Å². The van der Waals surface area contributed by atoms with Crippen LogP contribution in [0, 0.1) is 12.7 Å². The second kappa shape index (κ2) is 6.27. The molecular formula is C18H20FNO. The van der Waals surface area contributed by atoms with Gasteiger partial charge in [-0.25, -0.2) is 4.39 Å². The van der Waals surface area contributed by atoms with E-state index in [0.29, 0.717) is 24.9 Å². The van der Waals surface area contributed by atoms with Gasteiger partial charge in [-0.3, -0.25) is 0 Å². The van der Waals surface area contributed by atoms with E-state index in [-0.39, 0.29) is 5.82 Å². The third-order valence-corrected chi connectivity index (χ3v) is 3.84. The van der Waals surface area contributed by atoms with Gasteiger partial charge >= 0.3 is 0 Å². The Morgan fingerprint density at radius 1 is 1.10 bits per heavy atom. The lowest BCUT2D eigenvalue weighted by atomic mass is 10.1. The molecule has 1 N–H and O–H groups in total. The highest BCUT2D eigenvalue weighted by molar-refractivity contribution is 5.35. The lowest BCUT2D eigenvalue weighted by Gasteiger charge is -2.14. The zero-order valence-corrected chi connectivity index (χ0v) is 12.2. The molecular weight excluding hydrogens is 265 g/mol. The predicted octanol–water partition coefficient (Wildman–Crippen LogP) is 3.97. The van der Waals surface area contributed by atoms with E-state index in [2.05, 4.69) is 5.32 Å². The molecule has 0 spiro atoms. The largest absolute Gasteiger partial charge is 0.485 e. The minimum atomic E-state index is -0.293. The highest BCUT2D eigenvalue weighted by Gasteiger charge is 2.21. The van der Waals surface area contributed by atoms with E-state index in [1.54, 1.807) is 6.07 Å². The topological polar surface area (TPSA) is 21.3 Å². The molecule has 1 aliphatic carbocycles. The summed E-state index contributed by atoms with van der Waals surface area (Å²) in [5, 5.41) is 3.40. The van der Waals surface area contributed by atoms with Crippen molar-refractivity contribution in [3.8, 4) is 5.75 Å². The van der Waals surface area contributed by atoms with Crippen molar-refractivity contribution in [1.29, 1.82) is 0 Å². The lowest BCUT2D eigenvalue weighted by Crippen LogP contribution is -2.16. The second-order valence-corrected chi connectivity index (χ2v) is 5.60. The highest BCUT2D eigenvalue weighted by atomic mass is 19.1. The first-order chi connectivity index (χ1) is 10.2. The normalized spacial score (nSPS) is 14.2. The average Bonchev–Trinajstić information content (AvgIpc) is 3.30. The average molecular weight is 285 g/mol. The summed E-state index contributed by atoms with van der Waals surface area (Å²) in [4.78, 5) is 0. The number of benzene rings is 2. The van der Waals surface area contributed by atoms with Gasteiger partial charge in [0.05, 0.1) is 0 Å². The fourth-order valence-electron chi connectivity index (χ4n) is 2.32. The molecule has 2 nitrogen and oxygen atoms in total. The number of rotatable bonds is 6. The monoisotopic (exact) mass is 285 g/mol. The molecule has 3 heteroatoms. The molecule has 1 saturated carbocycles. The molecule has 2 aromatic carbocycles. The fourth-order valence-corrected chi connectivity index (χ4v) is 2.32. The number of hydrogen-bond acceptors (Lipinski definition) is 2. The number of nitrogens with one attached hydrogen (secondary N) is 1. The van der Waals surface area contributed by atoms with Crippen LogP contribution in [0.15, 0.2) is 42.5 Å². The Kier molecular flexibility index (Phi) is 4.20. The van der Waals surface area contributed by atoms with Gasteiger partial charge in [0.1, 0.15) is 6.61 Å². The lowest BCUT2D eigenvalue weighted by molar-refractivity contribution is 0.285. The standard InChI is InChI=1S/C18H20FNO/c1-13-5-2-3-6-15(13)12-21-18-14(7-4-8-17(18)19)11-20-16-9-10-16/h2-8,16,20H,9-12H2,1H3. The van der Waals surface area contributed by atoms with Crippen molar-refractivity contribution in [3.63, 3.8) is 0 Å². The molecule has 1 aliphatic rings. The molecule has 0 atom stereocenters. The summed E-state index contributed by atoms with van der Waals surface area (Å²) in [5.74, 6) is 0.0765. The maximum atomic E-state index is 14.0. The molecule has 0 aliphatic heterocycles. The zero-order valence-electron chi connectivity index (χ0n) is 12.2. The molecule has 0 heterocycles. The van der Waals surface area contributed by atoms with Crippen molar-refractivity contribution in [2.24, 2.45) is 0 Å². The molecule has 3 rings (SSSR count).